The highest BCUT2D eigenvalue weighted by Gasteiger charge is 2.01. The molecule has 7 heavy (non-hydrogen) atoms. The van der Waals surface area contributed by atoms with Crippen LogP contribution in [-0.2, 0) is 14.7 Å². The lowest BCUT2D eigenvalue weighted by Gasteiger charge is -1.85. The van der Waals surface area contributed by atoms with E-state index in [1.165, 1.54) is 0 Å². The van der Waals surface area contributed by atoms with Gasteiger partial charge < -0.3 is 0 Å². The van der Waals surface area contributed by atoms with Gasteiger partial charge in [-0.25, -0.2) is 4.18 Å². The summed E-state index contributed by atoms with van der Waals surface area (Å²) in [6, 6.07) is 0. The summed E-state index contributed by atoms with van der Waals surface area (Å²) < 4.78 is 40.0. The molecule has 0 amide bonds. The van der Waals surface area contributed by atoms with Gasteiger partial charge in [0.05, 0.1) is 7.63 Å². The topological polar surface area (TPSA) is 43.4 Å². The van der Waals surface area contributed by atoms with Gasteiger partial charge in [0.2, 0.25) is 0 Å². The smallest absolute Gasteiger partial charge is 0.241 e. The zero-order chi connectivity index (χ0) is 6.62. The van der Waals surface area contributed by atoms with E-state index >= 15 is 0 Å². The van der Waals surface area contributed by atoms with E-state index in [1.54, 1.807) is 0 Å². The molecule has 3 nitrogen and oxygen atoms in total. The van der Waals surface area contributed by atoms with Gasteiger partial charge in [0, 0.05) is 0 Å². The van der Waals surface area contributed by atoms with Crippen molar-refractivity contribution in [2.75, 3.05) is 6.35 Å². The van der Waals surface area contributed by atoms with E-state index in [-0.39, 0.29) is 0 Å². The Bertz CT molecular complexity index is 143. The van der Waals surface area contributed by atoms with Crippen molar-refractivity contribution in [2.45, 2.75) is 0 Å². The van der Waals surface area contributed by atoms with Crippen molar-refractivity contribution in [2.24, 2.45) is 0 Å². The monoisotopic (exact) mass is 148 g/mol. The first kappa shape index (κ1) is 5.41. The third-order valence-corrected chi connectivity index (χ3v) is 0.953. The largest absolute Gasteiger partial charge is 0.437 e. The van der Waals surface area contributed by atoms with Crippen LogP contribution in [0.4, 0.5) is 3.89 Å². The molecule has 0 rings (SSSR count). The number of halogens is 1. The summed E-state index contributed by atoms with van der Waals surface area (Å²) in [7, 11) is -5.26. The zero-order valence-corrected chi connectivity index (χ0v) is 5.03. The maximum Gasteiger partial charge on any atom is 0.437 e. The molecule has 0 aromatic heterocycles. The fourth-order valence-corrected chi connectivity index (χ4v) is 0.633. The predicted molar refractivity (Wildman–Crippen MR) is 25.7 cm³/mol. The summed E-state index contributed by atoms with van der Waals surface area (Å²) >= 11 is 0. The lowest BCUT2D eigenvalue weighted by molar-refractivity contribution is 0.348. The van der Waals surface area contributed by atoms with Crippen LogP contribution in [0, 0.1) is 0 Å². The Morgan fingerprint density at radius 2 is 2.57 bits per heavy atom. The first-order valence-corrected chi connectivity index (χ1v) is 3.31. The fraction of sp³-hybridized carbons (Fsp3) is 1.00. The average molecular weight is 148 g/mol. The second kappa shape index (κ2) is 2.55. The first-order valence-electron chi connectivity index (χ1n) is 1.80. The third kappa shape index (κ3) is 6.27. The molecule has 0 aromatic carbocycles. The average Bonchev–Trinajstić information content (AvgIpc) is 1.59. The Kier molecular flexibility index (Phi) is 1.97. The third-order valence-electron chi connectivity index (χ3n) is 0.200. The van der Waals surface area contributed by atoms with Crippen LogP contribution in [0.5, 0.6) is 0 Å². The Morgan fingerprint density at radius 1 is 2.00 bits per heavy atom. The molecule has 0 aromatic rings. The van der Waals surface area contributed by atoms with Crippen LogP contribution in [0.3, 0.4) is 0 Å². The van der Waals surface area contributed by atoms with E-state index in [1.807, 2.05) is 0 Å². The highest BCUT2D eigenvalue weighted by Crippen LogP contribution is 1.94. The molecular weight excluding hydrogens is 142 g/mol. The molecular formula is CH4FO3PS. The van der Waals surface area contributed by atoms with E-state index in [9.17, 15) is 12.3 Å². The van der Waals surface area contributed by atoms with Gasteiger partial charge in [-0.1, -0.05) is 3.89 Å². The van der Waals surface area contributed by atoms with Gasteiger partial charge >= 0.3 is 10.5 Å². The van der Waals surface area contributed by atoms with E-state index in [4.69, 9.17) is 1.28 Å². The van der Waals surface area contributed by atoms with Gasteiger partial charge in [-0.05, 0) is 0 Å². The van der Waals surface area contributed by atoms with Crippen molar-refractivity contribution >= 4 is 19.7 Å². The zero-order valence-electron chi connectivity index (χ0n) is 4.22. The number of hydrogen-bond donors (Lipinski definition) is 0. The van der Waals surface area contributed by atoms with Crippen LogP contribution >= 0.6 is 9.18 Å². The van der Waals surface area contributed by atoms with Crippen molar-refractivity contribution in [1.82, 2.24) is 0 Å². The summed E-state index contributed by atoms with van der Waals surface area (Å²) in [6.45, 7) is 0. The Morgan fingerprint density at radius 3 is 2.71 bits per heavy atom. The molecule has 0 aliphatic carbocycles. The van der Waals surface area contributed by atoms with Gasteiger partial charge in [-0.2, -0.15) is 8.42 Å². The predicted octanol–water partition coefficient (Wildman–Crippen LogP) is 0.0499. The minimum absolute atomic E-state index is 0.390. The van der Waals surface area contributed by atoms with E-state index < -0.39 is 26.0 Å². The van der Waals surface area contributed by atoms with Crippen LogP contribution < -0.4 is 0 Å². The van der Waals surface area contributed by atoms with Crippen molar-refractivity contribution < 1.29 is 16.5 Å². The van der Waals surface area contributed by atoms with E-state index in [2.05, 4.69) is 4.18 Å². The Hall–Kier alpha value is 0.270. The van der Waals surface area contributed by atoms with Crippen molar-refractivity contribution in [1.29, 1.82) is 1.28 Å². The molecule has 0 N–H and O–H groups in total. The lowest BCUT2D eigenvalue weighted by Crippen LogP contribution is -1.93. The van der Waals surface area contributed by atoms with E-state index in [0.717, 1.165) is 0 Å². The molecule has 0 aliphatic heterocycles. The summed E-state index contributed by atoms with van der Waals surface area (Å²) in [4.78, 5) is 0. The van der Waals surface area contributed by atoms with Gasteiger partial charge in [0.15, 0.2) is 0 Å². The fourth-order valence-electron chi connectivity index (χ4n) is 0.0704. The minimum Gasteiger partial charge on any atom is -0.241 e. The maximum absolute atomic E-state index is 11.2. The molecule has 44 valence electrons. The van der Waals surface area contributed by atoms with Gasteiger partial charge in [-0.15, -0.1) is 9.18 Å². The molecule has 0 radical (unpaired) electrons. The van der Waals surface area contributed by atoms with Gasteiger partial charge in [0.25, 0.3) is 0 Å². The van der Waals surface area contributed by atoms with Crippen molar-refractivity contribution in [3.63, 3.8) is 0 Å². The molecule has 0 fully saturated rings. The Balaban J connectivity index is 3.42. The quantitative estimate of drug-likeness (QED) is 0.419. The van der Waals surface area contributed by atoms with Crippen LogP contribution in [0.2, 0.25) is 0 Å². The summed E-state index contributed by atoms with van der Waals surface area (Å²) in [6.07, 6.45) is -0.390. The van der Waals surface area contributed by atoms with Crippen LogP contribution in [0.15, 0.2) is 0 Å². The van der Waals surface area contributed by atoms with Crippen LogP contribution in [-0.4, -0.2) is 16.0 Å². The second-order valence-electron chi connectivity index (χ2n) is 0.655. The summed E-state index contributed by atoms with van der Waals surface area (Å²) in [5.74, 6) is 0. The molecule has 0 bridgehead atoms. The van der Waals surface area contributed by atoms with Crippen LogP contribution in [0.1, 0.15) is 0 Å². The van der Waals surface area contributed by atoms with Crippen molar-refractivity contribution in [3.05, 3.63) is 0 Å². The van der Waals surface area contributed by atoms with Crippen molar-refractivity contribution in [3.8, 4) is 0 Å². The SMILES string of the molecule is [3H]PCOS(=O)(=O)F. The highest BCUT2D eigenvalue weighted by molar-refractivity contribution is 7.81. The highest BCUT2D eigenvalue weighted by atomic mass is 32.3. The molecule has 0 heterocycles. The lowest BCUT2D eigenvalue weighted by atomic mass is 11.7. The number of hydrogen-bond acceptors (Lipinski definition) is 3. The second-order valence-corrected chi connectivity index (χ2v) is 1.97. The normalized spacial score (nSPS) is 15.3. The molecule has 1 unspecified atom stereocenters. The molecule has 0 aliphatic rings. The first-order chi connectivity index (χ1) is 3.56. The summed E-state index contributed by atoms with van der Waals surface area (Å²) in [5.41, 5.74) is 0. The molecule has 0 saturated carbocycles. The minimum atomic E-state index is -4.80. The maximum atomic E-state index is 11.2. The molecule has 1 atom stereocenters. The van der Waals surface area contributed by atoms with Crippen LogP contribution in [0.25, 0.3) is 0 Å². The standard InChI is InChI=1S/CH4FO3PS/c2-7(3,4)5-1-6/h1,6H2/i6T. The van der Waals surface area contributed by atoms with E-state index in [0.29, 0.717) is 0 Å². The van der Waals surface area contributed by atoms with Gasteiger partial charge in [-0.3, -0.25) is 0 Å². The molecule has 0 saturated heterocycles. The van der Waals surface area contributed by atoms with Gasteiger partial charge in [0.1, 0.15) is 0 Å². The molecule has 6 heteroatoms. The molecule has 0 spiro atoms. The number of rotatable bonds is 3. The summed E-state index contributed by atoms with van der Waals surface area (Å²) in [5, 5.41) is 0. The Labute approximate surface area is 44.8 Å².